The molecule has 1 aromatic heterocycles. The van der Waals surface area contributed by atoms with Gasteiger partial charge in [0, 0.05) is 17.8 Å². The van der Waals surface area contributed by atoms with E-state index in [0.29, 0.717) is 5.92 Å². The molecule has 0 aliphatic carbocycles. The van der Waals surface area contributed by atoms with E-state index < -0.39 is 0 Å². The second kappa shape index (κ2) is 9.27. The van der Waals surface area contributed by atoms with E-state index in [-0.39, 0.29) is 5.41 Å². The molecular formula is C20H36N2. The normalized spacial score (nSPS) is 12.1. The average Bonchev–Trinajstić information content (AvgIpc) is 2.50. The fraction of sp³-hybridized carbons (Fsp3) is 0.800. The minimum atomic E-state index is 0.174. The van der Waals surface area contributed by atoms with Crippen molar-refractivity contribution in [3.05, 3.63) is 23.3 Å². The van der Waals surface area contributed by atoms with Crippen LogP contribution >= 0.6 is 0 Å². The van der Waals surface area contributed by atoms with Gasteiger partial charge in [0.15, 0.2) is 0 Å². The SMILES string of the molecule is CCCCCCCCc1nc(C(C)C)ncc1C(C)(C)CC. The molecule has 0 aliphatic rings. The Hall–Kier alpha value is -0.920. The van der Waals surface area contributed by atoms with Gasteiger partial charge in [-0.25, -0.2) is 9.97 Å². The third-order valence-electron chi connectivity index (χ3n) is 4.78. The molecule has 1 heterocycles. The van der Waals surface area contributed by atoms with Crippen molar-refractivity contribution < 1.29 is 0 Å². The van der Waals surface area contributed by atoms with Crippen LogP contribution in [0, 0.1) is 0 Å². The second-order valence-electron chi connectivity index (χ2n) is 7.50. The summed E-state index contributed by atoms with van der Waals surface area (Å²) in [7, 11) is 0. The zero-order valence-electron chi connectivity index (χ0n) is 15.7. The lowest BCUT2D eigenvalue weighted by Crippen LogP contribution is -2.20. The van der Waals surface area contributed by atoms with Gasteiger partial charge >= 0.3 is 0 Å². The van der Waals surface area contributed by atoms with E-state index in [0.717, 1.165) is 18.7 Å². The number of aromatic nitrogens is 2. The quantitative estimate of drug-likeness (QED) is 0.481. The Morgan fingerprint density at radius 2 is 1.64 bits per heavy atom. The zero-order valence-corrected chi connectivity index (χ0v) is 15.7. The fourth-order valence-corrected chi connectivity index (χ4v) is 2.73. The molecule has 0 bridgehead atoms. The Kier molecular flexibility index (Phi) is 8.06. The van der Waals surface area contributed by atoms with Gasteiger partial charge in [-0.05, 0) is 30.2 Å². The lowest BCUT2D eigenvalue weighted by atomic mass is 9.81. The molecule has 0 atom stereocenters. The standard InChI is InChI=1S/C20H36N2/c1-7-9-10-11-12-13-14-18-17(20(5,6)8-2)15-21-19(22-18)16(3)4/h15-16H,7-14H2,1-6H3. The highest BCUT2D eigenvalue weighted by atomic mass is 14.9. The summed E-state index contributed by atoms with van der Waals surface area (Å²) in [6.07, 6.45) is 12.3. The van der Waals surface area contributed by atoms with E-state index in [4.69, 9.17) is 4.98 Å². The number of hydrogen-bond donors (Lipinski definition) is 0. The van der Waals surface area contributed by atoms with Crippen LogP contribution < -0.4 is 0 Å². The average molecular weight is 305 g/mol. The van der Waals surface area contributed by atoms with Gasteiger partial charge in [0.2, 0.25) is 0 Å². The monoisotopic (exact) mass is 304 g/mol. The molecule has 0 aliphatic heterocycles. The van der Waals surface area contributed by atoms with Gasteiger partial charge < -0.3 is 0 Å². The lowest BCUT2D eigenvalue weighted by Gasteiger charge is -2.26. The smallest absolute Gasteiger partial charge is 0.131 e. The van der Waals surface area contributed by atoms with Crippen LogP contribution in [-0.2, 0) is 11.8 Å². The highest BCUT2D eigenvalue weighted by Gasteiger charge is 2.23. The van der Waals surface area contributed by atoms with Crippen molar-refractivity contribution in [1.82, 2.24) is 9.97 Å². The first-order chi connectivity index (χ1) is 10.4. The fourth-order valence-electron chi connectivity index (χ4n) is 2.73. The molecule has 0 saturated heterocycles. The third-order valence-corrected chi connectivity index (χ3v) is 4.78. The Morgan fingerprint density at radius 1 is 1.00 bits per heavy atom. The molecule has 1 rings (SSSR count). The van der Waals surface area contributed by atoms with Crippen LogP contribution in [0.1, 0.15) is 109 Å². The van der Waals surface area contributed by atoms with E-state index in [1.54, 1.807) is 0 Å². The molecule has 22 heavy (non-hydrogen) atoms. The number of nitrogens with zero attached hydrogens (tertiary/aromatic N) is 2. The highest BCUT2D eigenvalue weighted by molar-refractivity contribution is 5.26. The molecule has 0 unspecified atom stereocenters. The van der Waals surface area contributed by atoms with Crippen LogP contribution in [0.3, 0.4) is 0 Å². The third kappa shape index (κ3) is 5.70. The van der Waals surface area contributed by atoms with E-state index in [9.17, 15) is 0 Å². The van der Waals surface area contributed by atoms with E-state index >= 15 is 0 Å². The van der Waals surface area contributed by atoms with Crippen molar-refractivity contribution in [3.63, 3.8) is 0 Å². The van der Waals surface area contributed by atoms with Gasteiger partial charge in [0.1, 0.15) is 5.82 Å². The lowest BCUT2D eigenvalue weighted by molar-refractivity contribution is 0.490. The summed E-state index contributed by atoms with van der Waals surface area (Å²) >= 11 is 0. The molecule has 2 heteroatoms. The first-order valence-electron chi connectivity index (χ1n) is 9.28. The van der Waals surface area contributed by atoms with Gasteiger partial charge in [-0.3, -0.25) is 0 Å². The molecule has 0 N–H and O–H groups in total. The van der Waals surface area contributed by atoms with Crippen molar-refractivity contribution in [1.29, 1.82) is 0 Å². The van der Waals surface area contributed by atoms with Crippen molar-refractivity contribution in [2.45, 2.75) is 104 Å². The molecule has 0 spiro atoms. The number of unbranched alkanes of at least 4 members (excludes halogenated alkanes) is 5. The molecule has 0 saturated carbocycles. The summed E-state index contributed by atoms with van der Waals surface area (Å²) in [5.74, 6) is 1.40. The van der Waals surface area contributed by atoms with Crippen LogP contribution in [0.5, 0.6) is 0 Å². The van der Waals surface area contributed by atoms with Gasteiger partial charge in [-0.2, -0.15) is 0 Å². The van der Waals surface area contributed by atoms with Crippen molar-refractivity contribution in [2.24, 2.45) is 0 Å². The number of hydrogen-bond acceptors (Lipinski definition) is 2. The van der Waals surface area contributed by atoms with Gasteiger partial charge in [-0.15, -0.1) is 0 Å². The molecule has 1 aromatic rings. The molecular weight excluding hydrogens is 268 g/mol. The summed E-state index contributed by atoms with van der Waals surface area (Å²) in [6, 6.07) is 0. The summed E-state index contributed by atoms with van der Waals surface area (Å²) in [4.78, 5) is 9.52. The molecule has 126 valence electrons. The summed E-state index contributed by atoms with van der Waals surface area (Å²) < 4.78 is 0. The predicted octanol–water partition coefficient (Wildman–Crippen LogP) is 6.19. The summed E-state index contributed by atoms with van der Waals surface area (Å²) in [5, 5.41) is 0. The van der Waals surface area contributed by atoms with Crippen LogP contribution in [0.25, 0.3) is 0 Å². The topological polar surface area (TPSA) is 25.8 Å². The van der Waals surface area contributed by atoms with Crippen molar-refractivity contribution in [3.8, 4) is 0 Å². The van der Waals surface area contributed by atoms with Crippen molar-refractivity contribution in [2.75, 3.05) is 0 Å². The molecule has 0 amide bonds. The maximum absolute atomic E-state index is 4.91. The zero-order chi connectivity index (χ0) is 16.6. The van der Waals surface area contributed by atoms with Crippen LogP contribution in [0.15, 0.2) is 6.20 Å². The molecule has 0 radical (unpaired) electrons. The first kappa shape index (κ1) is 19.1. The Balaban J connectivity index is 2.77. The van der Waals surface area contributed by atoms with Crippen LogP contribution in [-0.4, -0.2) is 9.97 Å². The first-order valence-corrected chi connectivity index (χ1v) is 9.28. The maximum Gasteiger partial charge on any atom is 0.131 e. The highest BCUT2D eigenvalue weighted by Crippen LogP contribution is 2.30. The largest absolute Gasteiger partial charge is 0.241 e. The van der Waals surface area contributed by atoms with Gasteiger partial charge in [0.05, 0.1) is 0 Å². The van der Waals surface area contributed by atoms with E-state index in [1.807, 2.05) is 0 Å². The van der Waals surface area contributed by atoms with Crippen molar-refractivity contribution >= 4 is 0 Å². The minimum Gasteiger partial charge on any atom is -0.241 e. The predicted molar refractivity (Wildman–Crippen MR) is 96.5 cm³/mol. The maximum atomic E-state index is 4.91. The van der Waals surface area contributed by atoms with Crippen LogP contribution in [0.4, 0.5) is 0 Å². The van der Waals surface area contributed by atoms with E-state index in [2.05, 4.69) is 52.7 Å². The summed E-state index contributed by atoms with van der Waals surface area (Å²) in [5.41, 5.74) is 2.82. The second-order valence-corrected chi connectivity index (χ2v) is 7.50. The molecule has 2 nitrogen and oxygen atoms in total. The molecule has 0 aromatic carbocycles. The number of rotatable bonds is 10. The minimum absolute atomic E-state index is 0.174. The summed E-state index contributed by atoms with van der Waals surface area (Å²) in [6.45, 7) is 13.5. The molecule has 0 fully saturated rings. The Morgan fingerprint density at radius 3 is 2.23 bits per heavy atom. The van der Waals surface area contributed by atoms with Crippen LogP contribution in [0.2, 0.25) is 0 Å². The van der Waals surface area contributed by atoms with Gasteiger partial charge in [-0.1, -0.05) is 73.6 Å². The Labute approximate surface area is 138 Å². The van der Waals surface area contributed by atoms with E-state index in [1.165, 1.54) is 49.8 Å². The van der Waals surface area contributed by atoms with Gasteiger partial charge in [0.25, 0.3) is 0 Å². The number of aryl methyl sites for hydroxylation is 1. The Bertz CT molecular complexity index is 435.